The van der Waals surface area contributed by atoms with E-state index in [-0.39, 0.29) is 24.9 Å². The summed E-state index contributed by atoms with van der Waals surface area (Å²) in [5.41, 5.74) is -3.88. The number of alkyl halides is 3. The molecule has 28 heavy (non-hydrogen) atoms. The van der Waals surface area contributed by atoms with Crippen LogP contribution in [0.4, 0.5) is 13.2 Å². The minimum absolute atomic E-state index is 0.137. The molecule has 0 aliphatic rings. The molecule has 0 N–H and O–H groups in total. The number of benzene rings is 2. The van der Waals surface area contributed by atoms with Gasteiger partial charge in [0.25, 0.3) is 0 Å². The van der Waals surface area contributed by atoms with E-state index in [1.807, 2.05) is 30.3 Å². The largest absolute Gasteiger partial charge is 0.534 e. The second kappa shape index (κ2) is 9.09. The molecule has 0 aliphatic heterocycles. The molecule has 0 aromatic heterocycles. The van der Waals surface area contributed by atoms with Gasteiger partial charge in [0.1, 0.15) is 5.75 Å². The molecule has 1 unspecified atom stereocenters. The van der Waals surface area contributed by atoms with Crippen molar-refractivity contribution in [2.24, 2.45) is 0 Å². The first-order valence-corrected chi connectivity index (χ1v) is 9.83. The predicted molar refractivity (Wildman–Crippen MR) is 96.2 cm³/mol. The summed E-state index contributed by atoms with van der Waals surface area (Å²) >= 11 is 0. The number of halogens is 3. The molecule has 2 rings (SSSR count). The fraction of sp³-hybridized carbons (Fsp3) is 0.316. The van der Waals surface area contributed by atoms with Gasteiger partial charge in [0, 0.05) is 0 Å². The Morgan fingerprint density at radius 2 is 1.64 bits per heavy atom. The van der Waals surface area contributed by atoms with E-state index in [1.54, 1.807) is 6.92 Å². The summed E-state index contributed by atoms with van der Waals surface area (Å²) in [6.07, 6.45) is 0.549. The van der Waals surface area contributed by atoms with Crippen LogP contribution in [0.25, 0.3) is 0 Å². The first kappa shape index (κ1) is 21.7. The van der Waals surface area contributed by atoms with Crippen molar-refractivity contribution in [1.29, 1.82) is 0 Å². The van der Waals surface area contributed by atoms with Crippen molar-refractivity contribution in [2.75, 3.05) is 6.61 Å². The van der Waals surface area contributed by atoms with Crippen LogP contribution in [0.3, 0.4) is 0 Å². The van der Waals surface area contributed by atoms with Crippen molar-refractivity contribution < 1.29 is 35.3 Å². The standard InChI is InChI=1S/C19H19F3O5S/c1-2-26-18(23)13-16(15-6-4-3-5-7-15)12-14-8-10-17(11-9-14)27-28(24,25)19(20,21)22/h3-11,16H,2,12-13H2,1H3. The lowest BCUT2D eigenvalue weighted by molar-refractivity contribution is -0.143. The van der Waals surface area contributed by atoms with Crippen LogP contribution in [0.15, 0.2) is 54.6 Å². The monoisotopic (exact) mass is 416 g/mol. The maximum absolute atomic E-state index is 12.4. The van der Waals surface area contributed by atoms with Crippen molar-refractivity contribution in [3.63, 3.8) is 0 Å². The summed E-state index contributed by atoms with van der Waals surface area (Å²) in [4.78, 5) is 11.9. The second-order valence-corrected chi connectivity index (χ2v) is 7.49. The van der Waals surface area contributed by atoms with Gasteiger partial charge in [0.2, 0.25) is 0 Å². The summed E-state index contributed by atoms with van der Waals surface area (Å²) in [6, 6.07) is 14.5. The summed E-state index contributed by atoms with van der Waals surface area (Å²) in [7, 11) is -5.71. The van der Waals surface area contributed by atoms with Crippen molar-refractivity contribution in [2.45, 2.75) is 31.2 Å². The molecule has 0 bridgehead atoms. The van der Waals surface area contributed by atoms with E-state index in [4.69, 9.17) is 4.74 Å². The SMILES string of the molecule is CCOC(=O)CC(Cc1ccc(OS(=O)(=O)C(F)(F)F)cc1)c1ccccc1. The average Bonchev–Trinajstić information content (AvgIpc) is 2.62. The summed E-state index contributed by atoms with van der Waals surface area (Å²) < 4.78 is 68.3. The summed E-state index contributed by atoms with van der Waals surface area (Å²) in [5, 5.41) is 0. The lowest BCUT2D eigenvalue weighted by Crippen LogP contribution is -2.28. The normalized spacial score (nSPS) is 13.0. The van der Waals surface area contributed by atoms with E-state index in [2.05, 4.69) is 4.18 Å². The van der Waals surface area contributed by atoms with Gasteiger partial charge in [-0.15, -0.1) is 0 Å². The Morgan fingerprint density at radius 1 is 1.04 bits per heavy atom. The highest BCUT2D eigenvalue weighted by molar-refractivity contribution is 7.88. The Kier molecular flexibility index (Phi) is 7.06. The molecule has 0 fully saturated rings. The third-order valence-corrected chi connectivity index (χ3v) is 4.86. The van der Waals surface area contributed by atoms with Crippen molar-refractivity contribution in [3.8, 4) is 5.75 Å². The molecule has 1 atom stereocenters. The van der Waals surface area contributed by atoms with Crippen LogP contribution in [0.5, 0.6) is 5.75 Å². The van der Waals surface area contributed by atoms with Crippen LogP contribution in [0.2, 0.25) is 0 Å². The lowest BCUT2D eigenvalue weighted by atomic mass is 9.89. The van der Waals surface area contributed by atoms with Gasteiger partial charge in [-0.05, 0) is 42.5 Å². The van der Waals surface area contributed by atoms with Gasteiger partial charge in [0.05, 0.1) is 13.0 Å². The molecule has 9 heteroatoms. The molecule has 2 aromatic carbocycles. The van der Waals surface area contributed by atoms with E-state index < -0.39 is 21.4 Å². The van der Waals surface area contributed by atoms with Crippen LogP contribution in [-0.2, 0) is 26.1 Å². The highest BCUT2D eigenvalue weighted by Gasteiger charge is 2.48. The van der Waals surface area contributed by atoms with Crippen LogP contribution >= 0.6 is 0 Å². The average molecular weight is 416 g/mol. The van der Waals surface area contributed by atoms with Crippen molar-refractivity contribution >= 4 is 16.1 Å². The number of carbonyl (C=O) groups excluding carboxylic acids is 1. The Labute approximate surface area is 161 Å². The molecule has 0 saturated heterocycles. The van der Waals surface area contributed by atoms with Gasteiger partial charge in [0.15, 0.2) is 0 Å². The molecular weight excluding hydrogens is 397 g/mol. The van der Waals surface area contributed by atoms with E-state index in [1.165, 1.54) is 12.1 Å². The zero-order chi connectivity index (χ0) is 20.8. The highest BCUT2D eigenvalue weighted by Crippen LogP contribution is 2.29. The molecule has 0 radical (unpaired) electrons. The summed E-state index contributed by atoms with van der Waals surface area (Å²) in [6.45, 7) is 1.98. The van der Waals surface area contributed by atoms with Gasteiger partial charge in [-0.25, -0.2) is 0 Å². The zero-order valence-corrected chi connectivity index (χ0v) is 15.8. The van der Waals surface area contributed by atoms with E-state index >= 15 is 0 Å². The Balaban J connectivity index is 2.15. The second-order valence-electron chi connectivity index (χ2n) is 5.95. The number of hydrogen-bond acceptors (Lipinski definition) is 5. The quantitative estimate of drug-likeness (QED) is 0.367. The number of hydrogen-bond donors (Lipinski definition) is 0. The number of rotatable bonds is 8. The fourth-order valence-electron chi connectivity index (χ4n) is 2.59. The molecule has 0 amide bonds. The van der Waals surface area contributed by atoms with Gasteiger partial charge in [-0.2, -0.15) is 21.6 Å². The third-order valence-electron chi connectivity index (χ3n) is 3.88. The van der Waals surface area contributed by atoms with E-state index in [9.17, 15) is 26.4 Å². The van der Waals surface area contributed by atoms with Crippen molar-refractivity contribution in [1.82, 2.24) is 0 Å². The summed E-state index contributed by atoms with van der Waals surface area (Å²) in [5.74, 6) is -0.999. The van der Waals surface area contributed by atoms with Crippen molar-refractivity contribution in [3.05, 3.63) is 65.7 Å². The Morgan fingerprint density at radius 3 is 2.18 bits per heavy atom. The minimum Gasteiger partial charge on any atom is -0.466 e. The van der Waals surface area contributed by atoms with E-state index in [0.717, 1.165) is 17.7 Å². The molecule has 152 valence electrons. The number of ether oxygens (including phenoxy) is 1. The predicted octanol–water partition coefficient (Wildman–Crippen LogP) is 4.19. The fourth-order valence-corrected chi connectivity index (χ4v) is 3.05. The molecule has 5 nitrogen and oxygen atoms in total. The van der Waals surface area contributed by atoms with Crippen LogP contribution in [-0.4, -0.2) is 26.5 Å². The maximum atomic E-state index is 12.4. The Bertz CT molecular complexity index is 878. The van der Waals surface area contributed by atoms with Crippen LogP contribution < -0.4 is 4.18 Å². The molecular formula is C19H19F3O5S. The first-order chi connectivity index (χ1) is 13.1. The van der Waals surface area contributed by atoms with Crippen LogP contribution in [0.1, 0.15) is 30.4 Å². The van der Waals surface area contributed by atoms with Gasteiger partial charge >= 0.3 is 21.6 Å². The molecule has 0 aliphatic carbocycles. The van der Waals surface area contributed by atoms with E-state index in [0.29, 0.717) is 12.0 Å². The number of carbonyl (C=O) groups is 1. The van der Waals surface area contributed by atoms with Crippen LogP contribution in [0, 0.1) is 0 Å². The number of esters is 1. The van der Waals surface area contributed by atoms with Gasteiger partial charge in [-0.3, -0.25) is 4.79 Å². The lowest BCUT2D eigenvalue weighted by Gasteiger charge is -2.17. The first-order valence-electron chi connectivity index (χ1n) is 8.42. The minimum atomic E-state index is -5.71. The Hall–Kier alpha value is -2.55. The van der Waals surface area contributed by atoms with Gasteiger partial charge in [-0.1, -0.05) is 42.5 Å². The third kappa shape index (κ3) is 5.98. The maximum Gasteiger partial charge on any atom is 0.534 e. The molecule has 0 saturated carbocycles. The molecule has 0 heterocycles. The smallest absolute Gasteiger partial charge is 0.466 e. The van der Waals surface area contributed by atoms with Gasteiger partial charge < -0.3 is 8.92 Å². The topological polar surface area (TPSA) is 69.7 Å². The zero-order valence-electron chi connectivity index (χ0n) is 15.0. The highest BCUT2D eigenvalue weighted by atomic mass is 32.2. The molecule has 2 aromatic rings. The molecule has 0 spiro atoms.